The van der Waals surface area contributed by atoms with E-state index < -0.39 is 24.3 Å². The fraction of sp³-hybridized carbons (Fsp3) is 0.653. The molecule has 81 heavy (non-hydrogen) atoms. The van der Waals surface area contributed by atoms with Gasteiger partial charge in [-0.1, -0.05) is 250 Å². The third kappa shape index (κ3) is 62.9. The first kappa shape index (κ1) is 76.4. The molecule has 0 aromatic heterocycles. The normalized spacial score (nSPS) is 13.6. The van der Waals surface area contributed by atoms with Gasteiger partial charge in [0.25, 0.3) is 0 Å². The van der Waals surface area contributed by atoms with E-state index in [1.807, 2.05) is 21.1 Å². The van der Waals surface area contributed by atoms with Crippen molar-refractivity contribution in [3.05, 3.63) is 134 Å². The van der Waals surface area contributed by atoms with Gasteiger partial charge in [0.2, 0.25) is 0 Å². The molecule has 0 aliphatic rings. The average Bonchev–Trinajstić information content (AvgIpc) is 3.44. The first-order valence-electron chi connectivity index (χ1n) is 32.3. The van der Waals surface area contributed by atoms with E-state index in [1.54, 1.807) is 0 Å². The number of allylic oxidation sites excluding steroid dienone is 22. The number of nitrogens with zero attached hydrogens (tertiary/aromatic N) is 1. The predicted octanol–water partition coefficient (Wildman–Crippen LogP) is 18.5. The molecule has 9 nitrogen and oxygen atoms in total. The van der Waals surface area contributed by atoms with Crippen molar-refractivity contribution in [3.63, 3.8) is 0 Å². The molecule has 0 aliphatic carbocycles. The summed E-state index contributed by atoms with van der Waals surface area (Å²) in [5.74, 6) is -2.31. The van der Waals surface area contributed by atoms with E-state index in [9.17, 15) is 19.5 Å². The van der Waals surface area contributed by atoms with Crippen molar-refractivity contribution in [2.45, 2.75) is 257 Å². The van der Waals surface area contributed by atoms with Crippen molar-refractivity contribution in [1.29, 1.82) is 0 Å². The Morgan fingerprint density at radius 3 is 1.05 bits per heavy atom. The summed E-state index contributed by atoms with van der Waals surface area (Å²) in [6.07, 6.45) is 85.1. The maximum Gasteiger partial charge on any atom is 0.306 e. The van der Waals surface area contributed by atoms with E-state index in [1.165, 1.54) is 89.9 Å². The van der Waals surface area contributed by atoms with Gasteiger partial charge in [-0.15, -0.1) is 0 Å². The van der Waals surface area contributed by atoms with Crippen molar-refractivity contribution >= 4 is 17.9 Å². The van der Waals surface area contributed by atoms with E-state index in [0.717, 1.165) is 122 Å². The number of rotatable bonds is 58. The zero-order valence-electron chi connectivity index (χ0n) is 52.4. The van der Waals surface area contributed by atoms with E-state index >= 15 is 0 Å². The van der Waals surface area contributed by atoms with Gasteiger partial charge < -0.3 is 33.3 Å². The van der Waals surface area contributed by atoms with Crippen LogP contribution in [0, 0.1) is 0 Å². The first-order chi connectivity index (χ1) is 39.6. The minimum absolute atomic E-state index is 0.139. The quantitative estimate of drug-likeness (QED) is 0.0195. The fourth-order valence-corrected chi connectivity index (χ4v) is 8.44. The number of carboxylic acids is 1. The van der Waals surface area contributed by atoms with Crippen LogP contribution in [0.15, 0.2) is 134 Å². The molecule has 0 fully saturated rings. The van der Waals surface area contributed by atoms with E-state index in [-0.39, 0.29) is 38.6 Å². The molecule has 2 unspecified atom stereocenters. The number of esters is 2. The van der Waals surface area contributed by atoms with Gasteiger partial charge in [-0.2, -0.15) is 0 Å². The number of carbonyl (C=O) groups is 3. The molecule has 0 amide bonds. The Labute approximate surface area is 497 Å². The molecule has 0 heterocycles. The summed E-state index contributed by atoms with van der Waals surface area (Å²) in [5, 5.41) is 11.8. The molecule has 0 saturated heterocycles. The van der Waals surface area contributed by atoms with Crippen LogP contribution in [0.25, 0.3) is 0 Å². The fourth-order valence-electron chi connectivity index (χ4n) is 8.44. The van der Waals surface area contributed by atoms with Crippen LogP contribution in [0.2, 0.25) is 0 Å². The van der Waals surface area contributed by atoms with E-state index in [2.05, 4.69) is 148 Å². The highest BCUT2D eigenvalue weighted by molar-refractivity contribution is 5.70. The van der Waals surface area contributed by atoms with Crippen molar-refractivity contribution in [1.82, 2.24) is 0 Å². The molecule has 0 bridgehead atoms. The zero-order chi connectivity index (χ0) is 59.1. The van der Waals surface area contributed by atoms with Crippen LogP contribution in [0.1, 0.15) is 245 Å². The van der Waals surface area contributed by atoms with Crippen molar-refractivity contribution in [2.75, 3.05) is 47.5 Å². The summed E-state index contributed by atoms with van der Waals surface area (Å²) in [6, 6.07) is 0. The summed E-state index contributed by atoms with van der Waals surface area (Å²) in [5.41, 5.74) is 0. The Bertz CT molecular complexity index is 1790. The van der Waals surface area contributed by atoms with Gasteiger partial charge in [0.05, 0.1) is 40.3 Å². The van der Waals surface area contributed by atoms with Gasteiger partial charge in [-0.25, -0.2) is 0 Å². The summed E-state index contributed by atoms with van der Waals surface area (Å²) < 4.78 is 22.7. The molecular weight excluding hydrogens is 1010 g/mol. The summed E-state index contributed by atoms with van der Waals surface area (Å²) >= 11 is 0. The summed E-state index contributed by atoms with van der Waals surface area (Å²) in [4.78, 5) is 37.4. The van der Waals surface area contributed by atoms with Crippen LogP contribution >= 0.6 is 0 Å². The molecule has 460 valence electrons. The maximum absolute atomic E-state index is 12.9. The van der Waals surface area contributed by atoms with Crippen LogP contribution in [0.5, 0.6) is 0 Å². The molecular formula is C72H119NO8. The van der Waals surface area contributed by atoms with Crippen LogP contribution in [-0.4, -0.2) is 82.3 Å². The molecule has 0 aromatic carbocycles. The molecule has 0 aliphatic heterocycles. The Balaban J connectivity index is 4.20. The second-order valence-electron chi connectivity index (χ2n) is 22.3. The highest BCUT2D eigenvalue weighted by Crippen LogP contribution is 2.15. The topological polar surface area (TPSA) is 111 Å². The van der Waals surface area contributed by atoms with E-state index in [0.29, 0.717) is 17.4 Å². The van der Waals surface area contributed by atoms with Gasteiger partial charge in [-0.3, -0.25) is 9.59 Å². The summed E-state index contributed by atoms with van der Waals surface area (Å²) in [7, 11) is 5.91. The predicted molar refractivity (Wildman–Crippen MR) is 343 cm³/mol. The molecule has 0 aromatic rings. The minimum atomic E-state index is -1.63. The number of hydrogen-bond donors (Lipinski definition) is 0. The number of ether oxygens (including phenoxy) is 4. The number of likely N-dealkylation sites (N-methyl/N-ethyl adjacent to an activating group) is 1. The highest BCUT2D eigenvalue weighted by Gasteiger charge is 2.22. The highest BCUT2D eigenvalue weighted by atomic mass is 16.7. The SMILES string of the molecule is CC/C=C\C/C=C\C/C=C\C/C=C\C/C=C\C/C=C\C/C=C\C/C=C\C/C=C\CCCCCCCCCCCC(=O)OC(COC(=O)CCCCCCCCCCC/C=C\C/C=C\CCCCC)COC(OCC[N+](C)(C)C)C(=O)[O-]. The average molecular weight is 1130 g/mol. The number of aliphatic carboxylic acids is 1. The number of quaternary nitrogens is 1. The minimum Gasteiger partial charge on any atom is -0.545 e. The van der Waals surface area contributed by atoms with Gasteiger partial charge in [-0.05, 0) is 116 Å². The van der Waals surface area contributed by atoms with Gasteiger partial charge in [0.15, 0.2) is 12.4 Å². The lowest BCUT2D eigenvalue weighted by molar-refractivity contribution is -0.870. The van der Waals surface area contributed by atoms with Crippen LogP contribution in [-0.2, 0) is 33.3 Å². The van der Waals surface area contributed by atoms with Crippen molar-refractivity contribution < 1.29 is 42.9 Å². The molecule has 0 saturated carbocycles. The monoisotopic (exact) mass is 1130 g/mol. The lowest BCUT2D eigenvalue weighted by Gasteiger charge is -2.26. The Hall–Kier alpha value is -4.57. The maximum atomic E-state index is 12.9. The number of unbranched alkanes of at least 4 members (excludes halogenated alkanes) is 21. The Morgan fingerprint density at radius 2 is 0.704 bits per heavy atom. The zero-order valence-corrected chi connectivity index (χ0v) is 52.4. The first-order valence-corrected chi connectivity index (χ1v) is 32.3. The lowest BCUT2D eigenvalue weighted by Crippen LogP contribution is -2.44. The molecule has 0 N–H and O–H groups in total. The van der Waals surface area contributed by atoms with Gasteiger partial charge in [0.1, 0.15) is 13.2 Å². The smallest absolute Gasteiger partial charge is 0.306 e. The molecule has 0 rings (SSSR count). The second kappa shape index (κ2) is 61.5. The van der Waals surface area contributed by atoms with Crippen molar-refractivity contribution in [3.8, 4) is 0 Å². The van der Waals surface area contributed by atoms with E-state index in [4.69, 9.17) is 18.9 Å². The van der Waals surface area contributed by atoms with Crippen LogP contribution in [0.3, 0.4) is 0 Å². The van der Waals surface area contributed by atoms with Crippen LogP contribution in [0.4, 0.5) is 0 Å². The van der Waals surface area contributed by atoms with Gasteiger partial charge >= 0.3 is 11.9 Å². The Morgan fingerprint density at radius 1 is 0.383 bits per heavy atom. The largest absolute Gasteiger partial charge is 0.545 e. The Kier molecular flexibility index (Phi) is 58.0. The molecule has 2 atom stereocenters. The lowest BCUT2D eigenvalue weighted by atomic mass is 10.1. The molecule has 0 radical (unpaired) electrons. The molecule has 0 spiro atoms. The standard InChI is InChI=1S/C72H119NO8/c1-6-8-10-12-14-16-18-20-22-24-26-27-28-29-30-31-32-33-34-35-36-37-38-39-40-41-42-43-45-47-49-51-53-55-57-59-61-63-70(75)81-68(67-80-72(71(76)77)78-65-64-73(3,4)5)66-79-69(74)62-60-58-56-54-52-50-48-46-44-25-23-21-19-17-15-13-11-9-7-2/h8,10,14-17,20-23,26-27,29-30,32-33,35-36,38-39,41-42,68,72H,6-7,9,11-13,18-19,24-25,28,31,34,37,40,43-67H2,1-5H3/b10-8-,16-14-,17-15-,22-20-,23-21-,27-26-,30-29-,33-32-,36-35-,39-38-,42-41-. The van der Waals surface area contributed by atoms with Gasteiger partial charge in [0, 0.05) is 12.8 Å². The summed E-state index contributed by atoms with van der Waals surface area (Å²) in [6.45, 7) is 4.59. The number of carboxylic acid groups (broad SMARTS) is 1. The third-order valence-electron chi connectivity index (χ3n) is 13.4. The third-order valence-corrected chi connectivity index (χ3v) is 13.4. The molecule has 9 heteroatoms. The van der Waals surface area contributed by atoms with Crippen LogP contribution < -0.4 is 5.11 Å². The second-order valence-corrected chi connectivity index (χ2v) is 22.3. The van der Waals surface area contributed by atoms with Crippen molar-refractivity contribution in [2.24, 2.45) is 0 Å². The number of hydrogen-bond acceptors (Lipinski definition) is 8. The number of carbonyl (C=O) groups excluding carboxylic acids is 3.